The van der Waals surface area contributed by atoms with E-state index in [1.165, 1.54) is 10.8 Å². The Bertz CT molecular complexity index is 811. The van der Waals surface area contributed by atoms with Crippen LogP contribution in [0.2, 0.25) is 0 Å². The zero-order valence-corrected chi connectivity index (χ0v) is 10.6. The van der Waals surface area contributed by atoms with Crippen molar-refractivity contribution in [3.8, 4) is 0 Å². The molecule has 0 aliphatic carbocycles. The molecule has 0 atom stereocenters. The van der Waals surface area contributed by atoms with Gasteiger partial charge in [-0.1, -0.05) is 30.3 Å². The molecule has 0 saturated carbocycles. The minimum absolute atomic E-state index is 0.359. The summed E-state index contributed by atoms with van der Waals surface area (Å²) in [5, 5.41) is 13.7. The SMILES string of the molecule is CC(=N)C(=NN)c1ccc2c(c1)[nH]c1ccccc12. The summed E-state index contributed by atoms with van der Waals surface area (Å²) in [6, 6.07) is 14.1. The summed E-state index contributed by atoms with van der Waals surface area (Å²) >= 11 is 0. The molecule has 0 saturated heterocycles. The minimum atomic E-state index is 0.359. The molecule has 94 valence electrons. The first-order valence-corrected chi connectivity index (χ1v) is 6.05. The van der Waals surface area contributed by atoms with E-state index in [-0.39, 0.29) is 0 Å². The average molecular weight is 250 g/mol. The first-order valence-electron chi connectivity index (χ1n) is 6.05. The molecule has 0 aliphatic heterocycles. The van der Waals surface area contributed by atoms with E-state index in [1.807, 2.05) is 30.3 Å². The minimum Gasteiger partial charge on any atom is -0.354 e. The molecular weight excluding hydrogens is 236 g/mol. The summed E-state index contributed by atoms with van der Waals surface area (Å²) in [7, 11) is 0. The van der Waals surface area contributed by atoms with Crippen molar-refractivity contribution in [1.29, 1.82) is 5.41 Å². The summed E-state index contributed by atoms with van der Waals surface area (Å²) in [6.07, 6.45) is 0. The maximum atomic E-state index is 7.68. The van der Waals surface area contributed by atoms with Crippen molar-refractivity contribution < 1.29 is 0 Å². The number of hydrogen-bond acceptors (Lipinski definition) is 3. The molecule has 0 amide bonds. The Hall–Kier alpha value is -2.62. The Morgan fingerprint density at radius 1 is 1.11 bits per heavy atom. The van der Waals surface area contributed by atoms with Gasteiger partial charge in [0.05, 0.1) is 5.71 Å². The van der Waals surface area contributed by atoms with Crippen molar-refractivity contribution in [2.24, 2.45) is 10.9 Å². The van der Waals surface area contributed by atoms with E-state index >= 15 is 0 Å². The fourth-order valence-corrected chi connectivity index (χ4v) is 2.39. The molecule has 0 fully saturated rings. The standard InChI is InChI=1S/C15H14N4/c1-9(16)15(19-17)10-6-7-12-11-4-2-3-5-13(11)18-14(12)8-10/h2-8,16,18H,17H2,1H3. The Balaban J connectivity index is 2.27. The van der Waals surface area contributed by atoms with Gasteiger partial charge < -0.3 is 16.2 Å². The number of nitrogens with zero attached hydrogens (tertiary/aromatic N) is 1. The monoisotopic (exact) mass is 250 g/mol. The van der Waals surface area contributed by atoms with Crippen LogP contribution in [0.25, 0.3) is 21.8 Å². The van der Waals surface area contributed by atoms with Crippen molar-refractivity contribution in [1.82, 2.24) is 4.98 Å². The molecule has 0 bridgehead atoms. The number of aromatic amines is 1. The van der Waals surface area contributed by atoms with Crippen LogP contribution in [0.3, 0.4) is 0 Å². The Morgan fingerprint density at radius 3 is 2.58 bits per heavy atom. The predicted octanol–water partition coefficient (Wildman–Crippen LogP) is 3.02. The van der Waals surface area contributed by atoms with Gasteiger partial charge in [-0.25, -0.2) is 0 Å². The molecule has 1 aromatic heterocycles. The number of rotatable bonds is 2. The lowest BCUT2D eigenvalue weighted by Crippen LogP contribution is -2.13. The summed E-state index contributed by atoms with van der Waals surface area (Å²) in [4.78, 5) is 3.37. The molecular formula is C15H14N4. The summed E-state index contributed by atoms with van der Waals surface area (Å²) < 4.78 is 0. The number of nitrogens with one attached hydrogen (secondary N) is 2. The van der Waals surface area contributed by atoms with Crippen molar-refractivity contribution in [3.63, 3.8) is 0 Å². The molecule has 3 rings (SSSR count). The third kappa shape index (κ3) is 1.78. The van der Waals surface area contributed by atoms with Gasteiger partial charge in [-0.3, -0.25) is 0 Å². The van der Waals surface area contributed by atoms with E-state index in [9.17, 15) is 0 Å². The summed E-state index contributed by atoms with van der Waals surface area (Å²) in [5.74, 6) is 5.36. The van der Waals surface area contributed by atoms with E-state index < -0.39 is 0 Å². The quantitative estimate of drug-likeness (QED) is 0.365. The molecule has 4 heteroatoms. The van der Waals surface area contributed by atoms with Gasteiger partial charge in [-0.15, -0.1) is 0 Å². The molecule has 4 nitrogen and oxygen atoms in total. The van der Waals surface area contributed by atoms with E-state index in [1.54, 1.807) is 6.92 Å². The lowest BCUT2D eigenvalue weighted by molar-refractivity contribution is 1.25. The molecule has 19 heavy (non-hydrogen) atoms. The third-order valence-corrected chi connectivity index (χ3v) is 3.26. The third-order valence-electron chi connectivity index (χ3n) is 3.26. The van der Waals surface area contributed by atoms with Crippen LogP contribution < -0.4 is 5.84 Å². The molecule has 0 aliphatic rings. The smallest absolute Gasteiger partial charge is 0.110 e. The molecule has 0 unspecified atom stereocenters. The Labute approximate surface area is 110 Å². The van der Waals surface area contributed by atoms with Crippen LogP contribution in [0.4, 0.5) is 0 Å². The van der Waals surface area contributed by atoms with Gasteiger partial charge in [0, 0.05) is 27.4 Å². The fourth-order valence-electron chi connectivity index (χ4n) is 2.39. The van der Waals surface area contributed by atoms with Crippen LogP contribution in [0.1, 0.15) is 12.5 Å². The number of aromatic nitrogens is 1. The zero-order valence-electron chi connectivity index (χ0n) is 10.6. The van der Waals surface area contributed by atoms with Crippen LogP contribution >= 0.6 is 0 Å². The van der Waals surface area contributed by atoms with Gasteiger partial charge in [0.1, 0.15) is 5.71 Å². The Kier molecular flexibility index (Phi) is 2.56. The fraction of sp³-hybridized carbons (Fsp3) is 0.0667. The van der Waals surface area contributed by atoms with Crippen LogP contribution in [-0.4, -0.2) is 16.4 Å². The summed E-state index contributed by atoms with van der Waals surface area (Å²) in [6.45, 7) is 1.68. The van der Waals surface area contributed by atoms with E-state index in [4.69, 9.17) is 11.3 Å². The second-order valence-electron chi connectivity index (χ2n) is 4.53. The molecule has 0 radical (unpaired) electrons. The van der Waals surface area contributed by atoms with E-state index in [0.717, 1.165) is 16.6 Å². The highest BCUT2D eigenvalue weighted by Gasteiger charge is 2.09. The largest absolute Gasteiger partial charge is 0.354 e. The number of benzene rings is 2. The van der Waals surface area contributed by atoms with Crippen molar-refractivity contribution in [2.75, 3.05) is 0 Å². The molecule has 0 spiro atoms. The van der Waals surface area contributed by atoms with Crippen LogP contribution in [0.5, 0.6) is 0 Å². The first kappa shape index (κ1) is 11.5. The van der Waals surface area contributed by atoms with Crippen molar-refractivity contribution in [3.05, 3.63) is 48.0 Å². The maximum Gasteiger partial charge on any atom is 0.110 e. The maximum absolute atomic E-state index is 7.68. The highest BCUT2D eigenvalue weighted by atomic mass is 15.1. The molecule has 1 heterocycles. The first-order chi connectivity index (χ1) is 9.20. The number of hydrazone groups is 1. The van der Waals surface area contributed by atoms with Gasteiger partial charge in [0.25, 0.3) is 0 Å². The number of hydrogen-bond donors (Lipinski definition) is 3. The molecule has 4 N–H and O–H groups in total. The number of nitrogens with two attached hydrogens (primary N) is 1. The highest BCUT2D eigenvalue weighted by Crippen LogP contribution is 2.26. The predicted molar refractivity (Wildman–Crippen MR) is 79.9 cm³/mol. The van der Waals surface area contributed by atoms with Gasteiger partial charge in [0.2, 0.25) is 0 Å². The van der Waals surface area contributed by atoms with E-state index in [0.29, 0.717) is 11.4 Å². The van der Waals surface area contributed by atoms with Crippen LogP contribution in [0, 0.1) is 5.41 Å². The second kappa shape index (κ2) is 4.24. The van der Waals surface area contributed by atoms with Crippen LogP contribution in [-0.2, 0) is 0 Å². The van der Waals surface area contributed by atoms with Gasteiger partial charge in [-0.2, -0.15) is 5.10 Å². The summed E-state index contributed by atoms with van der Waals surface area (Å²) in [5.41, 5.74) is 3.86. The van der Waals surface area contributed by atoms with Gasteiger partial charge in [0.15, 0.2) is 0 Å². The zero-order chi connectivity index (χ0) is 13.4. The topological polar surface area (TPSA) is 78.0 Å². The number of para-hydroxylation sites is 1. The van der Waals surface area contributed by atoms with Crippen molar-refractivity contribution in [2.45, 2.75) is 6.92 Å². The highest BCUT2D eigenvalue weighted by molar-refractivity contribution is 6.46. The van der Waals surface area contributed by atoms with Crippen molar-refractivity contribution >= 4 is 33.2 Å². The molecule has 2 aromatic carbocycles. The van der Waals surface area contributed by atoms with Gasteiger partial charge >= 0.3 is 0 Å². The number of H-pyrrole nitrogens is 1. The van der Waals surface area contributed by atoms with Gasteiger partial charge in [-0.05, 0) is 19.1 Å². The van der Waals surface area contributed by atoms with E-state index in [2.05, 4.69) is 22.2 Å². The number of fused-ring (bicyclic) bond motifs is 3. The Morgan fingerprint density at radius 2 is 1.84 bits per heavy atom. The average Bonchev–Trinajstić information content (AvgIpc) is 2.76. The lowest BCUT2D eigenvalue weighted by atomic mass is 10.0. The normalized spacial score (nSPS) is 12.2. The molecule has 3 aromatic rings. The second-order valence-corrected chi connectivity index (χ2v) is 4.53. The lowest BCUT2D eigenvalue weighted by Gasteiger charge is -2.03. The van der Waals surface area contributed by atoms with Crippen LogP contribution in [0.15, 0.2) is 47.6 Å².